The summed E-state index contributed by atoms with van der Waals surface area (Å²) in [4.78, 5) is 14.5. The van der Waals surface area contributed by atoms with Crippen LogP contribution < -0.4 is 5.73 Å². The van der Waals surface area contributed by atoms with Crippen molar-refractivity contribution in [3.05, 3.63) is 35.4 Å². The third-order valence-corrected chi connectivity index (χ3v) is 1.87. The van der Waals surface area contributed by atoms with Crippen molar-refractivity contribution in [3.8, 4) is 0 Å². The zero-order chi connectivity index (χ0) is 9.26. The average Bonchev–Trinajstić information content (AvgIpc) is 2.18. The van der Waals surface area contributed by atoms with Gasteiger partial charge >= 0.3 is 0 Å². The first kappa shape index (κ1) is 7.67. The number of rotatable bonds is 1. The Labute approximate surface area is 74.4 Å². The number of nitrogens with two attached hydrogens (primary N) is 1. The fourth-order valence-corrected chi connectivity index (χ4v) is 1.24. The van der Waals surface area contributed by atoms with Gasteiger partial charge in [-0.15, -0.1) is 4.91 Å². The van der Waals surface area contributed by atoms with Crippen LogP contribution in [0.15, 0.2) is 35.6 Å². The van der Waals surface area contributed by atoms with E-state index < -0.39 is 0 Å². The Hall–Kier alpha value is -1.97. The minimum Gasteiger partial charge on any atom is -0.397 e. The van der Waals surface area contributed by atoms with Gasteiger partial charge in [0, 0.05) is 11.6 Å². The van der Waals surface area contributed by atoms with Crippen LogP contribution in [0.5, 0.6) is 0 Å². The smallest absolute Gasteiger partial charge is 0.157 e. The lowest BCUT2D eigenvalue weighted by Crippen LogP contribution is -1.87. The number of anilines is 1. The van der Waals surface area contributed by atoms with Crippen molar-refractivity contribution >= 4 is 22.3 Å². The molecule has 0 atom stereocenters. The van der Waals surface area contributed by atoms with Crippen molar-refractivity contribution in [2.75, 3.05) is 5.73 Å². The predicted molar refractivity (Wildman–Crippen MR) is 51.6 cm³/mol. The van der Waals surface area contributed by atoms with E-state index in [1.807, 2.05) is 12.1 Å². The number of fused-ring (bicyclic) bond motifs is 1. The standard InChI is InChI=1S/C9H7N3O/c10-7-4-3-6-2-1-5-11-8(6)9(7)12-13/h1-5H,10H2. The Kier molecular flexibility index (Phi) is 1.66. The molecule has 2 rings (SSSR count). The maximum atomic E-state index is 10.5. The lowest BCUT2D eigenvalue weighted by atomic mass is 10.1. The SMILES string of the molecule is Nc1ccc2cccnc2c1N=O. The van der Waals surface area contributed by atoms with Crippen LogP contribution in [0.2, 0.25) is 0 Å². The third-order valence-electron chi connectivity index (χ3n) is 1.87. The zero-order valence-corrected chi connectivity index (χ0v) is 6.77. The highest BCUT2D eigenvalue weighted by molar-refractivity contribution is 5.94. The Balaban J connectivity index is 2.91. The molecule has 1 aromatic heterocycles. The summed E-state index contributed by atoms with van der Waals surface area (Å²) in [5, 5.41) is 3.73. The molecule has 0 radical (unpaired) electrons. The molecule has 1 heterocycles. The second kappa shape index (κ2) is 2.82. The van der Waals surface area contributed by atoms with E-state index in [1.54, 1.807) is 18.3 Å². The highest BCUT2D eigenvalue weighted by Gasteiger charge is 2.05. The van der Waals surface area contributed by atoms with E-state index in [9.17, 15) is 4.91 Å². The number of benzene rings is 1. The van der Waals surface area contributed by atoms with Crippen LogP contribution in [-0.2, 0) is 0 Å². The van der Waals surface area contributed by atoms with Gasteiger partial charge in [-0.2, -0.15) is 0 Å². The number of aromatic nitrogens is 1. The molecule has 13 heavy (non-hydrogen) atoms. The second-order valence-corrected chi connectivity index (χ2v) is 2.67. The highest BCUT2D eigenvalue weighted by atomic mass is 16.3. The van der Waals surface area contributed by atoms with Gasteiger partial charge in [-0.3, -0.25) is 4.98 Å². The van der Waals surface area contributed by atoms with Crippen molar-refractivity contribution in [2.24, 2.45) is 5.18 Å². The molecule has 0 aliphatic rings. The van der Waals surface area contributed by atoms with Gasteiger partial charge in [0.05, 0.1) is 5.69 Å². The molecule has 0 amide bonds. The topological polar surface area (TPSA) is 68.3 Å². The van der Waals surface area contributed by atoms with Gasteiger partial charge in [0.25, 0.3) is 0 Å². The molecule has 1 aromatic carbocycles. The monoisotopic (exact) mass is 173 g/mol. The molecule has 0 fully saturated rings. The number of nitrogen functional groups attached to an aromatic ring is 1. The molecule has 2 aromatic rings. The molecule has 4 nitrogen and oxygen atoms in total. The quantitative estimate of drug-likeness (QED) is 0.531. The first-order valence-corrected chi connectivity index (χ1v) is 3.79. The molecule has 4 heteroatoms. The number of nitroso groups, excluding NO2 is 1. The molecule has 2 N–H and O–H groups in total. The molecule has 0 spiro atoms. The van der Waals surface area contributed by atoms with Crippen molar-refractivity contribution in [3.63, 3.8) is 0 Å². The maximum absolute atomic E-state index is 10.5. The molecule has 0 unspecified atom stereocenters. The molecule has 0 saturated heterocycles. The largest absolute Gasteiger partial charge is 0.397 e. The Morgan fingerprint density at radius 3 is 2.92 bits per heavy atom. The summed E-state index contributed by atoms with van der Waals surface area (Å²) in [5.41, 5.74) is 6.70. The van der Waals surface area contributed by atoms with E-state index in [0.717, 1.165) is 5.39 Å². The van der Waals surface area contributed by atoms with Gasteiger partial charge < -0.3 is 5.73 Å². The van der Waals surface area contributed by atoms with Crippen LogP contribution in [0.1, 0.15) is 0 Å². The number of hydrogen-bond acceptors (Lipinski definition) is 4. The van der Waals surface area contributed by atoms with Gasteiger partial charge in [-0.1, -0.05) is 12.1 Å². The molecule has 0 saturated carbocycles. The van der Waals surface area contributed by atoms with Gasteiger partial charge in [0.1, 0.15) is 5.52 Å². The van der Waals surface area contributed by atoms with Crippen molar-refractivity contribution in [1.82, 2.24) is 4.98 Å². The molecule has 0 bridgehead atoms. The lowest BCUT2D eigenvalue weighted by molar-refractivity contribution is 1.39. The van der Waals surface area contributed by atoms with Gasteiger partial charge in [-0.25, -0.2) is 0 Å². The van der Waals surface area contributed by atoms with Crippen LogP contribution in [0.3, 0.4) is 0 Å². The molecular weight excluding hydrogens is 166 g/mol. The third kappa shape index (κ3) is 1.12. The van der Waals surface area contributed by atoms with Gasteiger partial charge in [-0.05, 0) is 17.3 Å². The molecule has 0 aliphatic heterocycles. The molecule has 64 valence electrons. The average molecular weight is 173 g/mol. The Morgan fingerprint density at radius 1 is 1.31 bits per heavy atom. The van der Waals surface area contributed by atoms with Gasteiger partial charge in [0.15, 0.2) is 5.69 Å². The summed E-state index contributed by atoms with van der Waals surface area (Å²) >= 11 is 0. The minimum atomic E-state index is 0.220. The van der Waals surface area contributed by atoms with Crippen molar-refractivity contribution < 1.29 is 0 Å². The van der Waals surface area contributed by atoms with Crippen LogP contribution in [0.25, 0.3) is 10.9 Å². The fourth-order valence-electron chi connectivity index (χ4n) is 1.24. The van der Waals surface area contributed by atoms with Crippen LogP contribution >= 0.6 is 0 Å². The summed E-state index contributed by atoms with van der Waals surface area (Å²) in [6, 6.07) is 7.12. The van der Waals surface area contributed by atoms with Crippen molar-refractivity contribution in [2.45, 2.75) is 0 Å². The number of pyridine rings is 1. The molecular formula is C9H7N3O. The predicted octanol–water partition coefficient (Wildman–Crippen LogP) is 2.21. The summed E-state index contributed by atoms with van der Waals surface area (Å²) in [5.74, 6) is 0. The molecule has 0 aliphatic carbocycles. The number of hydrogen-bond donors (Lipinski definition) is 1. The summed E-state index contributed by atoms with van der Waals surface area (Å²) < 4.78 is 0. The Morgan fingerprint density at radius 2 is 2.15 bits per heavy atom. The van der Waals surface area contributed by atoms with E-state index in [2.05, 4.69) is 10.2 Å². The van der Waals surface area contributed by atoms with Crippen LogP contribution in [0, 0.1) is 4.91 Å². The van der Waals surface area contributed by atoms with Crippen molar-refractivity contribution in [1.29, 1.82) is 0 Å². The number of nitrogens with zero attached hydrogens (tertiary/aromatic N) is 2. The normalized spacial score (nSPS) is 10.2. The zero-order valence-electron chi connectivity index (χ0n) is 6.77. The fraction of sp³-hybridized carbons (Fsp3) is 0. The van der Waals surface area contributed by atoms with Gasteiger partial charge in [0.2, 0.25) is 0 Å². The van der Waals surface area contributed by atoms with E-state index in [-0.39, 0.29) is 5.69 Å². The highest BCUT2D eigenvalue weighted by Crippen LogP contribution is 2.29. The van der Waals surface area contributed by atoms with E-state index in [1.165, 1.54) is 0 Å². The summed E-state index contributed by atoms with van der Waals surface area (Å²) in [7, 11) is 0. The van der Waals surface area contributed by atoms with E-state index in [0.29, 0.717) is 11.2 Å². The van der Waals surface area contributed by atoms with E-state index in [4.69, 9.17) is 5.73 Å². The lowest BCUT2D eigenvalue weighted by Gasteiger charge is -2.00. The van der Waals surface area contributed by atoms with Crippen LogP contribution in [0.4, 0.5) is 11.4 Å². The first-order valence-electron chi connectivity index (χ1n) is 3.79. The first-order chi connectivity index (χ1) is 6.33. The summed E-state index contributed by atoms with van der Waals surface area (Å²) in [6.45, 7) is 0. The second-order valence-electron chi connectivity index (χ2n) is 2.67. The minimum absolute atomic E-state index is 0.220. The Bertz CT molecular complexity index is 467. The maximum Gasteiger partial charge on any atom is 0.157 e. The van der Waals surface area contributed by atoms with E-state index >= 15 is 0 Å². The summed E-state index contributed by atoms with van der Waals surface area (Å²) in [6.07, 6.45) is 1.61. The van der Waals surface area contributed by atoms with Crippen LogP contribution in [-0.4, -0.2) is 4.98 Å².